The van der Waals surface area contributed by atoms with E-state index in [1.165, 1.54) is 35.6 Å². The van der Waals surface area contributed by atoms with Gasteiger partial charge in [-0.05, 0) is 61.4 Å². The van der Waals surface area contributed by atoms with E-state index in [1.54, 1.807) is 13.4 Å². The monoisotopic (exact) mass is 522 g/mol. The number of sulfone groups is 1. The fraction of sp³-hybridized carbons (Fsp3) is 0.160. The van der Waals surface area contributed by atoms with Crippen molar-refractivity contribution in [3.05, 3.63) is 87.1 Å². The Balaban J connectivity index is 1.65. The van der Waals surface area contributed by atoms with Crippen LogP contribution in [0.1, 0.15) is 11.3 Å². The van der Waals surface area contributed by atoms with E-state index in [4.69, 9.17) is 4.74 Å². The average molecular weight is 523 g/mol. The van der Waals surface area contributed by atoms with Gasteiger partial charge in [-0.1, -0.05) is 6.07 Å². The molecule has 0 radical (unpaired) electrons. The molecule has 0 saturated carbocycles. The maximum atomic E-state index is 13.5. The van der Waals surface area contributed by atoms with Gasteiger partial charge >= 0.3 is 5.69 Å². The number of H-pyrrole nitrogens is 1. The number of methoxy groups -OCH3 is 1. The summed E-state index contributed by atoms with van der Waals surface area (Å²) in [6.07, 6.45) is 4.71. The maximum absolute atomic E-state index is 13.5. The average Bonchev–Trinajstić information content (AvgIpc) is 3.41. The molecule has 0 aliphatic heterocycles. The van der Waals surface area contributed by atoms with Crippen LogP contribution in [0.15, 0.2) is 69.5 Å². The van der Waals surface area contributed by atoms with Gasteiger partial charge in [-0.15, -0.1) is 11.3 Å². The predicted octanol–water partition coefficient (Wildman–Crippen LogP) is 3.62. The van der Waals surface area contributed by atoms with Crippen LogP contribution >= 0.6 is 11.3 Å². The number of aryl methyl sites for hydroxylation is 2. The molecule has 0 atom stereocenters. The van der Waals surface area contributed by atoms with E-state index >= 15 is 0 Å². The third kappa shape index (κ3) is 3.95. The Morgan fingerprint density at radius 1 is 1.06 bits per heavy atom. The summed E-state index contributed by atoms with van der Waals surface area (Å²) in [5.41, 5.74) is 2.49. The Morgan fingerprint density at radius 3 is 2.39 bits per heavy atom. The van der Waals surface area contributed by atoms with Crippen molar-refractivity contribution >= 4 is 31.4 Å². The lowest BCUT2D eigenvalue weighted by Crippen LogP contribution is -2.33. The minimum Gasteiger partial charge on any atom is -0.495 e. The molecule has 0 amide bonds. The standard InChI is InChI=1S/C25H22N4O5S2/c1-14-12-28(13-26-14)19-10-5-16(11-20(19)34-3)22-15(2)21-23(35-22)27-25(31)29(24(21)30)17-6-8-18(9-7-17)36(4,32)33/h5-13H,1-4H3,(H,27,31). The van der Waals surface area contributed by atoms with E-state index in [2.05, 4.69) is 9.97 Å². The number of aromatic amines is 1. The molecule has 0 unspecified atom stereocenters. The Bertz CT molecular complexity index is 1860. The summed E-state index contributed by atoms with van der Waals surface area (Å²) in [6.45, 7) is 3.75. The van der Waals surface area contributed by atoms with Crippen LogP contribution in [-0.2, 0) is 9.84 Å². The topological polar surface area (TPSA) is 116 Å². The Kier molecular flexibility index (Phi) is 5.68. The molecule has 5 aromatic rings. The van der Waals surface area contributed by atoms with Gasteiger partial charge in [-0.3, -0.25) is 9.78 Å². The summed E-state index contributed by atoms with van der Waals surface area (Å²) < 4.78 is 32.1. The lowest BCUT2D eigenvalue weighted by atomic mass is 10.1. The lowest BCUT2D eigenvalue weighted by Gasteiger charge is -2.11. The van der Waals surface area contributed by atoms with Crippen LogP contribution in [0.25, 0.3) is 32.0 Å². The van der Waals surface area contributed by atoms with E-state index in [-0.39, 0.29) is 10.6 Å². The Labute approximate surface area is 210 Å². The summed E-state index contributed by atoms with van der Waals surface area (Å²) >= 11 is 1.32. The quantitative estimate of drug-likeness (QED) is 0.377. The highest BCUT2D eigenvalue weighted by Gasteiger charge is 2.19. The van der Waals surface area contributed by atoms with Gasteiger partial charge in [0.25, 0.3) is 5.56 Å². The van der Waals surface area contributed by atoms with Gasteiger partial charge in [0.05, 0.1) is 40.8 Å². The third-order valence-electron chi connectivity index (χ3n) is 5.94. The summed E-state index contributed by atoms with van der Waals surface area (Å²) in [5, 5.41) is 0.398. The number of hydrogen-bond acceptors (Lipinski definition) is 7. The molecule has 184 valence electrons. The van der Waals surface area contributed by atoms with Crippen molar-refractivity contribution in [2.24, 2.45) is 0 Å². The molecule has 9 nitrogen and oxygen atoms in total. The van der Waals surface area contributed by atoms with Crippen LogP contribution in [0, 0.1) is 13.8 Å². The number of rotatable bonds is 5. The predicted molar refractivity (Wildman–Crippen MR) is 140 cm³/mol. The largest absolute Gasteiger partial charge is 0.495 e. The smallest absolute Gasteiger partial charge is 0.334 e. The SMILES string of the molecule is COc1cc(-c2sc3[nH]c(=O)n(-c4ccc(S(C)(=O)=O)cc4)c(=O)c3c2C)ccc1-n1cnc(C)c1. The number of benzene rings is 2. The summed E-state index contributed by atoms with van der Waals surface area (Å²) in [7, 11) is -1.81. The second kappa shape index (κ2) is 8.61. The van der Waals surface area contributed by atoms with E-state index in [9.17, 15) is 18.0 Å². The first-order valence-electron chi connectivity index (χ1n) is 10.9. The first kappa shape index (κ1) is 23.8. The molecule has 3 aromatic heterocycles. The van der Waals surface area contributed by atoms with Crippen LogP contribution in [-0.4, -0.2) is 40.9 Å². The molecular formula is C25H22N4O5S2. The number of nitrogens with zero attached hydrogens (tertiary/aromatic N) is 3. The van der Waals surface area contributed by atoms with Gasteiger partial charge in [-0.2, -0.15) is 0 Å². The third-order valence-corrected chi connectivity index (χ3v) is 8.33. The molecule has 0 aliphatic rings. The van der Waals surface area contributed by atoms with Crippen molar-refractivity contribution in [3.8, 4) is 27.6 Å². The van der Waals surface area contributed by atoms with Crippen molar-refractivity contribution < 1.29 is 13.2 Å². The van der Waals surface area contributed by atoms with Gasteiger partial charge in [0.2, 0.25) is 0 Å². The van der Waals surface area contributed by atoms with Crippen molar-refractivity contribution in [1.82, 2.24) is 19.1 Å². The van der Waals surface area contributed by atoms with Crippen LogP contribution in [0.5, 0.6) is 5.75 Å². The highest BCUT2D eigenvalue weighted by molar-refractivity contribution is 7.90. The van der Waals surface area contributed by atoms with Gasteiger partial charge in [-0.25, -0.2) is 22.8 Å². The normalized spacial score (nSPS) is 11.8. The van der Waals surface area contributed by atoms with Crippen LogP contribution in [0.3, 0.4) is 0 Å². The minimum absolute atomic E-state index is 0.106. The van der Waals surface area contributed by atoms with E-state index in [0.717, 1.165) is 38.2 Å². The van der Waals surface area contributed by atoms with Crippen LogP contribution in [0.2, 0.25) is 0 Å². The first-order chi connectivity index (χ1) is 17.1. The number of aromatic nitrogens is 4. The van der Waals surface area contributed by atoms with Gasteiger partial charge in [0.1, 0.15) is 10.6 Å². The number of nitrogens with one attached hydrogen (secondary N) is 1. The van der Waals surface area contributed by atoms with Gasteiger partial charge in [0.15, 0.2) is 9.84 Å². The van der Waals surface area contributed by atoms with Crippen LogP contribution < -0.4 is 16.0 Å². The van der Waals surface area contributed by atoms with Crippen molar-refractivity contribution in [1.29, 1.82) is 0 Å². The molecule has 0 saturated heterocycles. The number of thiophene rings is 1. The molecule has 5 rings (SSSR count). The number of fused-ring (bicyclic) bond motifs is 1. The molecule has 0 bridgehead atoms. The fourth-order valence-electron chi connectivity index (χ4n) is 4.15. The zero-order chi connectivity index (χ0) is 25.8. The molecule has 1 N–H and O–H groups in total. The molecular weight excluding hydrogens is 500 g/mol. The molecule has 0 fully saturated rings. The van der Waals surface area contributed by atoms with E-state index in [0.29, 0.717) is 16.0 Å². The lowest BCUT2D eigenvalue weighted by molar-refractivity contribution is 0.413. The molecule has 0 spiro atoms. The highest BCUT2D eigenvalue weighted by Crippen LogP contribution is 2.38. The maximum Gasteiger partial charge on any atom is 0.334 e. The first-order valence-corrected chi connectivity index (χ1v) is 13.6. The van der Waals surface area contributed by atoms with E-state index < -0.39 is 21.1 Å². The Morgan fingerprint density at radius 2 is 1.78 bits per heavy atom. The van der Waals surface area contributed by atoms with Gasteiger partial charge in [0, 0.05) is 17.3 Å². The summed E-state index contributed by atoms with van der Waals surface area (Å²) in [6, 6.07) is 11.4. The van der Waals surface area contributed by atoms with Gasteiger partial charge < -0.3 is 9.30 Å². The molecule has 3 heterocycles. The molecule has 36 heavy (non-hydrogen) atoms. The number of hydrogen-bond donors (Lipinski definition) is 1. The zero-order valence-corrected chi connectivity index (χ0v) is 21.5. The van der Waals surface area contributed by atoms with Crippen molar-refractivity contribution in [3.63, 3.8) is 0 Å². The Hall–Kier alpha value is -3.96. The fourth-order valence-corrected chi connectivity index (χ4v) is 5.97. The summed E-state index contributed by atoms with van der Waals surface area (Å²) in [5.74, 6) is 0.638. The molecule has 0 aliphatic carbocycles. The van der Waals surface area contributed by atoms with Crippen molar-refractivity contribution in [2.75, 3.05) is 13.4 Å². The second-order valence-corrected chi connectivity index (χ2v) is 11.4. The zero-order valence-electron chi connectivity index (χ0n) is 19.9. The number of ether oxygens (including phenoxy) is 1. The van der Waals surface area contributed by atoms with E-state index in [1.807, 2.05) is 42.8 Å². The second-order valence-electron chi connectivity index (χ2n) is 8.41. The minimum atomic E-state index is -3.40. The molecule has 2 aromatic carbocycles. The highest BCUT2D eigenvalue weighted by atomic mass is 32.2. The van der Waals surface area contributed by atoms with Crippen LogP contribution in [0.4, 0.5) is 0 Å². The summed E-state index contributed by atoms with van der Waals surface area (Å²) in [4.78, 5) is 34.8. The molecule has 11 heteroatoms. The number of imidazole rings is 1. The van der Waals surface area contributed by atoms with Crippen molar-refractivity contribution in [2.45, 2.75) is 18.7 Å².